The molecule has 2 aromatic carbocycles. The van der Waals surface area contributed by atoms with Crippen LogP contribution in [0.15, 0.2) is 65.2 Å². The zero-order valence-electron chi connectivity index (χ0n) is 17.5. The number of hydrogen-bond acceptors (Lipinski definition) is 6. The number of carbonyl (C=O) groups is 1. The van der Waals surface area contributed by atoms with E-state index in [1.165, 1.54) is 12.1 Å². The quantitative estimate of drug-likeness (QED) is 0.673. The van der Waals surface area contributed by atoms with Crippen LogP contribution in [0.4, 0.5) is 0 Å². The minimum absolute atomic E-state index is 0.0103. The van der Waals surface area contributed by atoms with E-state index in [0.29, 0.717) is 12.0 Å². The van der Waals surface area contributed by atoms with Gasteiger partial charge in [-0.3, -0.25) is 4.79 Å². The number of nitrogens with zero attached hydrogens (tertiary/aromatic N) is 1. The number of rotatable bonds is 6. The molecule has 3 rings (SSSR count). The Labute approximate surface area is 182 Å². The van der Waals surface area contributed by atoms with Crippen molar-refractivity contribution in [3.63, 3.8) is 0 Å². The monoisotopic (exact) mass is 463 g/mol. The maximum atomic E-state index is 13.3. The molecule has 0 saturated carbocycles. The molecule has 31 heavy (non-hydrogen) atoms. The molecule has 10 heteroatoms. The van der Waals surface area contributed by atoms with Crippen LogP contribution in [0.5, 0.6) is 0 Å². The molecule has 0 bridgehead atoms. The van der Waals surface area contributed by atoms with Crippen LogP contribution in [0.3, 0.4) is 0 Å². The standard InChI is InChI=1S/C21H25N3O5S2/c1-21(2,3)24-20(25)18(19(31(24,28)29)16-7-5-4-6-8-16)23-14-13-15-9-11-17(12-10-15)30(22,26)27/h4-12,23H,13-14H2,1-3H3,(H2,22,26,27). The third kappa shape index (κ3) is 4.65. The minimum Gasteiger partial charge on any atom is -0.379 e. The van der Waals surface area contributed by atoms with Crippen molar-refractivity contribution in [3.8, 4) is 0 Å². The van der Waals surface area contributed by atoms with Crippen LogP contribution in [0.2, 0.25) is 0 Å². The molecule has 0 unspecified atom stereocenters. The second kappa shape index (κ2) is 8.10. The summed E-state index contributed by atoms with van der Waals surface area (Å²) < 4.78 is 50.2. The second-order valence-corrected chi connectivity index (χ2v) is 11.5. The number of hydrogen-bond donors (Lipinski definition) is 2. The molecule has 0 saturated heterocycles. The third-order valence-corrected chi connectivity index (χ3v) is 7.82. The lowest BCUT2D eigenvalue weighted by Gasteiger charge is -2.30. The zero-order chi connectivity index (χ0) is 23.0. The maximum absolute atomic E-state index is 13.3. The largest absolute Gasteiger partial charge is 0.379 e. The van der Waals surface area contributed by atoms with Gasteiger partial charge in [-0.15, -0.1) is 0 Å². The van der Waals surface area contributed by atoms with Crippen molar-refractivity contribution < 1.29 is 21.6 Å². The van der Waals surface area contributed by atoms with Gasteiger partial charge in [0, 0.05) is 6.54 Å². The van der Waals surface area contributed by atoms with Gasteiger partial charge in [0.05, 0.1) is 10.4 Å². The van der Waals surface area contributed by atoms with Gasteiger partial charge in [-0.1, -0.05) is 42.5 Å². The van der Waals surface area contributed by atoms with Gasteiger partial charge < -0.3 is 5.32 Å². The lowest BCUT2D eigenvalue weighted by Crippen LogP contribution is -2.46. The Balaban J connectivity index is 1.90. The summed E-state index contributed by atoms with van der Waals surface area (Å²) in [4.78, 5) is 13.1. The third-order valence-electron chi connectivity index (χ3n) is 4.74. The molecule has 2 aromatic rings. The second-order valence-electron chi connectivity index (χ2n) is 8.18. The van der Waals surface area contributed by atoms with Crippen molar-refractivity contribution in [3.05, 3.63) is 71.4 Å². The molecule has 3 N–H and O–H groups in total. The van der Waals surface area contributed by atoms with Gasteiger partial charge in [0.15, 0.2) is 0 Å². The Hall–Kier alpha value is -2.69. The van der Waals surface area contributed by atoms with E-state index < -0.39 is 31.5 Å². The summed E-state index contributed by atoms with van der Waals surface area (Å²) in [5.74, 6) is -0.601. The molecule has 0 aliphatic carbocycles. The molecule has 1 heterocycles. The Morgan fingerprint density at radius 3 is 2.10 bits per heavy atom. The minimum atomic E-state index is -4.03. The number of sulfonamides is 2. The van der Waals surface area contributed by atoms with Crippen LogP contribution in [-0.2, 0) is 31.3 Å². The lowest BCUT2D eigenvalue weighted by atomic mass is 10.1. The zero-order valence-corrected chi connectivity index (χ0v) is 19.1. The normalized spacial score (nSPS) is 16.6. The molecule has 0 spiro atoms. The van der Waals surface area contributed by atoms with Gasteiger partial charge in [0.1, 0.15) is 10.6 Å². The van der Waals surface area contributed by atoms with Crippen molar-refractivity contribution in [2.45, 2.75) is 37.6 Å². The molecular formula is C21H25N3O5S2. The van der Waals surface area contributed by atoms with E-state index in [2.05, 4.69) is 5.32 Å². The van der Waals surface area contributed by atoms with Gasteiger partial charge in [0.25, 0.3) is 15.9 Å². The van der Waals surface area contributed by atoms with Crippen molar-refractivity contribution >= 4 is 30.9 Å². The Kier molecular flexibility index (Phi) is 6.01. The molecule has 0 atom stereocenters. The number of nitrogens with one attached hydrogen (secondary N) is 1. The van der Waals surface area contributed by atoms with Crippen LogP contribution in [-0.4, -0.2) is 39.1 Å². The van der Waals surface area contributed by atoms with Crippen LogP contribution >= 0.6 is 0 Å². The molecule has 166 valence electrons. The Morgan fingerprint density at radius 1 is 1.00 bits per heavy atom. The summed E-state index contributed by atoms with van der Waals surface area (Å²) in [7, 11) is -7.81. The highest BCUT2D eigenvalue weighted by Gasteiger charge is 2.49. The fraction of sp³-hybridized carbons (Fsp3) is 0.286. The summed E-state index contributed by atoms with van der Waals surface area (Å²) in [6.07, 6.45) is 0.444. The fourth-order valence-corrected chi connectivity index (χ4v) is 5.99. The van der Waals surface area contributed by atoms with E-state index in [9.17, 15) is 21.6 Å². The lowest BCUT2D eigenvalue weighted by molar-refractivity contribution is -0.125. The van der Waals surface area contributed by atoms with E-state index in [0.717, 1.165) is 9.87 Å². The first-order valence-electron chi connectivity index (χ1n) is 9.58. The highest BCUT2D eigenvalue weighted by molar-refractivity contribution is 7.99. The summed E-state index contributed by atoms with van der Waals surface area (Å²) in [6, 6.07) is 14.6. The summed E-state index contributed by atoms with van der Waals surface area (Å²) >= 11 is 0. The molecule has 1 aliphatic heterocycles. The predicted octanol–water partition coefficient (Wildman–Crippen LogP) is 1.81. The summed E-state index contributed by atoms with van der Waals surface area (Å²) in [6.45, 7) is 5.28. The van der Waals surface area contributed by atoms with Crippen molar-refractivity contribution in [2.24, 2.45) is 5.14 Å². The highest BCUT2D eigenvalue weighted by atomic mass is 32.2. The van der Waals surface area contributed by atoms with E-state index >= 15 is 0 Å². The molecule has 1 amide bonds. The van der Waals surface area contributed by atoms with E-state index in [-0.39, 0.29) is 22.0 Å². The molecule has 0 radical (unpaired) electrons. The number of amides is 1. The van der Waals surface area contributed by atoms with Crippen molar-refractivity contribution in [1.29, 1.82) is 0 Å². The number of benzene rings is 2. The average Bonchev–Trinajstić information content (AvgIpc) is 2.87. The number of nitrogens with two attached hydrogens (primary N) is 1. The molecular weight excluding hydrogens is 438 g/mol. The van der Waals surface area contributed by atoms with E-state index in [1.54, 1.807) is 63.2 Å². The SMILES string of the molecule is CC(C)(C)N1C(=O)C(NCCc2ccc(S(N)(=O)=O)cc2)=C(c2ccccc2)S1(=O)=O. The van der Waals surface area contributed by atoms with Crippen LogP contribution < -0.4 is 10.5 Å². The molecule has 1 aliphatic rings. The molecule has 8 nitrogen and oxygen atoms in total. The molecule has 0 fully saturated rings. The number of primary sulfonamides is 1. The predicted molar refractivity (Wildman–Crippen MR) is 118 cm³/mol. The first kappa shape index (κ1) is 23.0. The topological polar surface area (TPSA) is 127 Å². The van der Waals surface area contributed by atoms with Gasteiger partial charge in [0.2, 0.25) is 10.0 Å². The highest BCUT2D eigenvalue weighted by Crippen LogP contribution is 2.38. The fourth-order valence-electron chi connectivity index (χ4n) is 3.41. The van der Waals surface area contributed by atoms with E-state index in [1.807, 2.05) is 0 Å². The van der Waals surface area contributed by atoms with Crippen LogP contribution in [0, 0.1) is 0 Å². The van der Waals surface area contributed by atoms with Gasteiger partial charge >= 0.3 is 0 Å². The number of carbonyl (C=O) groups excluding carboxylic acids is 1. The van der Waals surface area contributed by atoms with Crippen LogP contribution in [0.1, 0.15) is 31.9 Å². The van der Waals surface area contributed by atoms with E-state index in [4.69, 9.17) is 5.14 Å². The van der Waals surface area contributed by atoms with Crippen molar-refractivity contribution in [1.82, 2.24) is 9.62 Å². The maximum Gasteiger partial charge on any atom is 0.285 e. The Morgan fingerprint density at radius 2 is 1.58 bits per heavy atom. The van der Waals surface area contributed by atoms with Gasteiger partial charge in [-0.2, -0.15) is 0 Å². The average molecular weight is 464 g/mol. The summed E-state index contributed by atoms with van der Waals surface area (Å²) in [5, 5.41) is 8.10. The first-order chi connectivity index (χ1) is 14.3. The van der Waals surface area contributed by atoms with Crippen LogP contribution in [0.25, 0.3) is 4.91 Å². The Bertz CT molecular complexity index is 1230. The first-order valence-corrected chi connectivity index (χ1v) is 12.6. The van der Waals surface area contributed by atoms with Gasteiger partial charge in [-0.25, -0.2) is 26.3 Å². The molecule has 0 aromatic heterocycles. The van der Waals surface area contributed by atoms with Gasteiger partial charge in [-0.05, 0) is 50.5 Å². The smallest absolute Gasteiger partial charge is 0.285 e. The summed E-state index contributed by atoms with van der Waals surface area (Å²) in [5.41, 5.74) is 0.343. The van der Waals surface area contributed by atoms with Crippen molar-refractivity contribution in [2.75, 3.05) is 6.54 Å².